The molecular formula is C56H68O14. The summed E-state index contributed by atoms with van der Waals surface area (Å²) in [6.45, 7) is 4.28. The second-order valence-electron chi connectivity index (χ2n) is 21.0. The minimum Gasteiger partial charge on any atom is -0.462 e. The molecule has 0 aromatic carbocycles. The largest absolute Gasteiger partial charge is 0.462 e. The van der Waals surface area contributed by atoms with Gasteiger partial charge in [-0.25, -0.2) is 0 Å². The van der Waals surface area contributed by atoms with Gasteiger partial charge < -0.3 is 37.9 Å². The molecule has 70 heavy (non-hydrogen) atoms. The minimum absolute atomic E-state index is 0.0671. The minimum atomic E-state index is -0.996. The molecule has 6 heterocycles. The maximum Gasteiger partial charge on any atom is 0.306 e. The molecule has 376 valence electrons. The van der Waals surface area contributed by atoms with E-state index < -0.39 is 57.8 Å². The molecule has 6 atom stereocenters. The van der Waals surface area contributed by atoms with Crippen LogP contribution in [-0.4, -0.2) is 92.8 Å². The van der Waals surface area contributed by atoms with Crippen LogP contribution in [0.25, 0.3) is 0 Å². The highest BCUT2D eigenvalue weighted by atomic mass is 16.8. The van der Waals surface area contributed by atoms with Gasteiger partial charge in [0, 0.05) is 64.2 Å². The Morgan fingerprint density at radius 3 is 0.900 bits per heavy atom. The molecule has 4 unspecified atom stereocenters. The molecule has 0 aromatic rings. The van der Waals surface area contributed by atoms with Crippen LogP contribution in [0.1, 0.15) is 155 Å². The highest BCUT2D eigenvalue weighted by molar-refractivity contribution is 6.02. The van der Waals surface area contributed by atoms with Crippen LogP contribution in [0.3, 0.4) is 0 Å². The van der Waals surface area contributed by atoms with Gasteiger partial charge in [0.15, 0.2) is 46.3 Å². The van der Waals surface area contributed by atoms with E-state index in [0.717, 1.165) is 51.4 Å². The summed E-state index contributed by atoms with van der Waals surface area (Å²) in [7, 11) is 0. The summed E-state index contributed by atoms with van der Waals surface area (Å²) in [5.41, 5.74) is -2.86. The van der Waals surface area contributed by atoms with Gasteiger partial charge in [-0.2, -0.15) is 0 Å². The third-order valence-electron chi connectivity index (χ3n) is 15.3. The second kappa shape index (κ2) is 20.1. The van der Waals surface area contributed by atoms with Crippen LogP contribution in [0.4, 0.5) is 0 Å². The maximum absolute atomic E-state index is 12.7. The monoisotopic (exact) mass is 964 g/mol. The normalized spacial score (nSPS) is 34.1. The van der Waals surface area contributed by atoms with Crippen LogP contribution in [-0.2, 0) is 66.7 Å². The summed E-state index contributed by atoms with van der Waals surface area (Å²) in [6.07, 6.45) is 41.2. The van der Waals surface area contributed by atoms with E-state index in [1.165, 1.54) is 48.6 Å². The van der Waals surface area contributed by atoms with Crippen LogP contribution in [0, 0.1) is 0 Å². The molecule has 0 N–H and O–H groups in total. The Labute approximate surface area is 410 Å². The number of allylic oxidation sites excluding steroid dienone is 8. The number of ether oxygens (including phenoxy) is 8. The first kappa shape index (κ1) is 50.2. The van der Waals surface area contributed by atoms with Crippen molar-refractivity contribution in [2.45, 2.75) is 213 Å². The molecule has 4 aliphatic carbocycles. The number of hydrogen-bond acceptors (Lipinski definition) is 14. The molecule has 6 saturated heterocycles. The number of esters is 2. The van der Waals surface area contributed by atoms with Crippen molar-refractivity contribution in [3.05, 3.63) is 97.2 Å². The van der Waals surface area contributed by atoms with E-state index >= 15 is 0 Å². The van der Waals surface area contributed by atoms with E-state index in [-0.39, 0.29) is 35.1 Å². The Kier molecular flexibility index (Phi) is 14.4. The first-order valence-corrected chi connectivity index (χ1v) is 25.8. The summed E-state index contributed by atoms with van der Waals surface area (Å²) < 4.78 is 51.5. The van der Waals surface area contributed by atoms with E-state index in [1.807, 2.05) is 0 Å². The average Bonchev–Trinajstić information content (AvgIpc) is 4.06. The summed E-state index contributed by atoms with van der Waals surface area (Å²) in [6, 6.07) is 0. The summed E-state index contributed by atoms with van der Waals surface area (Å²) in [4.78, 5) is 72.1. The van der Waals surface area contributed by atoms with Gasteiger partial charge >= 0.3 is 11.9 Å². The number of rotatable bonds is 12. The molecule has 14 nitrogen and oxygen atoms in total. The van der Waals surface area contributed by atoms with Crippen molar-refractivity contribution in [2.75, 3.05) is 0 Å². The Balaban J connectivity index is 0.000000174. The molecule has 0 radical (unpaired) electrons. The Hall–Kier alpha value is -4.70. The number of carbonyl (C=O) groups excluding carboxylic acids is 6. The lowest BCUT2D eigenvalue weighted by Crippen LogP contribution is -2.55. The van der Waals surface area contributed by atoms with Crippen LogP contribution in [0.5, 0.6) is 0 Å². The van der Waals surface area contributed by atoms with Crippen molar-refractivity contribution >= 4 is 35.1 Å². The second-order valence-corrected chi connectivity index (χ2v) is 21.0. The number of unbranched alkanes of at least 4 members (excludes halogenated alkanes) is 6. The summed E-state index contributed by atoms with van der Waals surface area (Å²) in [5, 5.41) is 0. The first-order chi connectivity index (χ1) is 33.5. The van der Waals surface area contributed by atoms with E-state index in [1.54, 1.807) is 48.6 Å². The molecule has 6 aliphatic heterocycles. The zero-order valence-electron chi connectivity index (χ0n) is 40.7. The van der Waals surface area contributed by atoms with Gasteiger partial charge in [0.1, 0.15) is 34.6 Å². The molecule has 8 spiro atoms. The molecule has 0 saturated carbocycles. The van der Waals surface area contributed by atoms with E-state index in [2.05, 4.69) is 13.8 Å². The fourth-order valence-corrected chi connectivity index (χ4v) is 11.8. The van der Waals surface area contributed by atoms with Crippen molar-refractivity contribution in [3.63, 3.8) is 0 Å². The average molecular weight is 965 g/mol. The molecule has 6 fully saturated rings. The van der Waals surface area contributed by atoms with Gasteiger partial charge in [-0.1, -0.05) is 52.4 Å². The zero-order valence-corrected chi connectivity index (χ0v) is 40.7. The Morgan fingerprint density at radius 2 is 0.657 bits per heavy atom. The van der Waals surface area contributed by atoms with Gasteiger partial charge in [0.2, 0.25) is 0 Å². The van der Waals surface area contributed by atoms with Crippen molar-refractivity contribution in [1.82, 2.24) is 0 Å². The highest BCUT2D eigenvalue weighted by Gasteiger charge is 2.63. The van der Waals surface area contributed by atoms with Gasteiger partial charge in [0.25, 0.3) is 0 Å². The Morgan fingerprint density at radius 1 is 0.400 bits per heavy atom. The SMILES string of the molecule is CCCCCCC(=O)OC1CC2(CCC3(C=CC(=O)C=C3)O2)O[C@@]2(CCC3(C=CC(=O)C=C3)O2)C1.CCCCCCC(=O)OC1CC2(CCC3(C=CC(=O)C=C3)O2)O[C@@]2(CCC3(C=CC(=O)C=C3)O2)C1. The molecule has 10 rings (SSSR count). The van der Waals surface area contributed by atoms with Gasteiger partial charge in [-0.15, -0.1) is 0 Å². The van der Waals surface area contributed by atoms with Crippen molar-refractivity contribution in [1.29, 1.82) is 0 Å². The summed E-state index contributed by atoms with van der Waals surface area (Å²) >= 11 is 0. The standard InChI is InChI=1S/2C28H34O7/c2*1-2-3-4-5-6-24(31)32-23-19-27(17-15-25(33-27)11-7-21(29)8-12-25)35-28(20-23)18-16-26(34-28)13-9-22(30)10-14-26/h2*7-14,23H,2-6,15-20H2,1H3/t2*23?,27-,28?/m00/s1. The van der Waals surface area contributed by atoms with Crippen molar-refractivity contribution in [2.24, 2.45) is 0 Å². The predicted molar refractivity (Wildman–Crippen MR) is 254 cm³/mol. The van der Waals surface area contributed by atoms with E-state index in [9.17, 15) is 28.8 Å². The third kappa shape index (κ3) is 11.3. The van der Waals surface area contributed by atoms with Crippen LogP contribution < -0.4 is 0 Å². The van der Waals surface area contributed by atoms with Gasteiger partial charge in [-0.05, 0) is 136 Å². The van der Waals surface area contributed by atoms with E-state index in [4.69, 9.17) is 37.9 Å². The third-order valence-corrected chi connectivity index (χ3v) is 15.3. The summed E-state index contributed by atoms with van der Waals surface area (Å²) in [5.74, 6) is -4.66. The number of hydrogen-bond donors (Lipinski definition) is 0. The molecule has 0 bridgehead atoms. The number of carbonyl (C=O) groups is 6. The first-order valence-electron chi connectivity index (χ1n) is 25.8. The highest BCUT2D eigenvalue weighted by Crippen LogP contribution is 2.57. The van der Waals surface area contributed by atoms with Gasteiger partial charge in [0.05, 0.1) is 0 Å². The molecule has 14 heteroatoms. The number of ketones is 4. The van der Waals surface area contributed by atoms with Crippen LogP contribution in [0.15, 0.2) is 97.2 Å². The van der Waals surface area contributed by atoms with Crippen molar-refractivity contribution in [3.8, 4) is 0 Å². The quantitative estimate of drug-likeness (QED) is 0.134. The van der Waals surface area contributed by atoms with Crippen molar-refractivity contribution < 1.29 is 66.7 Å². The van der Waals surface area contributed by atoms with E-state index in [0.29, 0.717) is 89.9 Å². The molecular weight excluding hydrogens is 897 g/mol. The van der Waals surface area contributed by atoms with Gasteiger partial charge in [-0.3, -0.25) is 28.8 Å². The lowest BCUT2D eigenvalue weighted by Gasteiger charge is -2.48. The van der Waals surface area contributed by atoms with Crippen LogP contribution >= 0.6 is 0 Å². The molecule has 10 aliphatic rings. The lowest BCUT2D eigenvalue weighted by molar-refractivity contribution is -0.387. The zero-order chi connectivity index (χ0) is 49.1. The fourth-order valence-electron chi connectivity index (χ4n) is 11.8. The maximum atomic E-state index is 12.7. The smallest absolute Gasteiger partial charge is 0.306 e. The van der Waals surface area contributed by atoms with Crippen LogP contribution in [0.2, 0.25) is 0 Å². The molecule has 0 aromatic heterocycles. The predicted octanol–water partition coefficient (Wildman–Crippen LogP) is 9.12. The topological polar surface area (TPSA) is 176 Å². The lowest BCUT2D eigenvalue weighted by atomic mass is 9.89. The molecule has 0 amide bonds. The fraction of sp³-hybridized carbons (Fsp3) is 0.607. The Bertz CT molecular complexity index is 1970.